The van der Waals surface area contributed by atoms with Crippen LogP contribution in [-0.2, 0) is 0 Å². The monoisotopic (exact) mass is 262 g/mol. The Balaban J connectivity index is 1.75. The van der Waals surface area contributed by atoms with E-state index in [1.165, 1.54) is 25.1 Å². The number of likely N-dealkylation sites (tertiary alicyclic amines) is 1. The van der Waals surface area contributed by atoms with Crippen LogP contribution < -0.4 is 5.32 Å². The first-order chi connectivity index (χ1) is 9.19. The van der Waals surface area contributed by atoms with E-state index >= 15 is 0 Å². The summed E-state index contributed by atoms with van der Waals surface area (Å²) in [6.45, 7) is 2.85. The molecule has 0 bridgehead atoms. The van der Waals surface area contributed by atoms with Gasteiger partial charge in [-0.25, -0.2) is 0 Å². The third-order valence-electron chi connectivity index (χ3n) is 3.22. The van der Waals surface area contributed by atoms with E-state index in [1.807, 2.05) is 6.07 Å². The van der Waals surface area contributed by atoms with Crippen LogP contribution in [-0.4, -0.2) is 53.2 Å². The number of β-amino-alcohol motifs (C(OH)–C–C–N with tert-alkyl or cyclic N) is 1. The van der Waals surface area contributed by atoms with E-state index in [9.17, 15) is 9.90 Å². The molecule has 0 aromatic carbocycles. The van der Waals surface area contributed by atoms with Gasteiger partial charge in [-0.3, -0.25) is 4.79 Å². The van der Waals surface area contributed by atoms with Crippen molar-refractivity contribution in [2.45, 2.75) is 18.9 Å². The minimum Gasteiger partial charge on any atom is -0.390 e. The molecule has 0 radical (unpaired) electrons. The molecule has 1 aromatic rings. The maximum absolute atomic E-state index is 11.7. The molecular weight excluding hydrogens is 244 g/mol. The van der Waals surface area contributed by atoms with Crippen LogP contribution in [0.25, 0.3) is 0 Å². The second kappa shape index (κ2) is 6.36. The van der Waals surface area contributed by atoms with Gasteiger partial charge in [-0.2, -0.15) is 5.26 Å². The van der Waals surface area contributed by atoms with Crippen molar-refractivity contribution in [3.63, 3.8) is 0 Å². The number of aromatic amines is 1. The van der Waals surface area contributed by atoms with Gasteiger partial charge in [-0.15, -0.1) is 0 Å². The number of rotatable bonds is 5. The van der Waals surface area contributed by atoms with Gasteiger partial charge in [0.05, 0.1) is 11.7 Å². The van der Waals surface area contributed by atoms with Gasteiger partial charge in [-0.05, 0) is 32.0 Å². The highest BCUT2D eigenvalue weighted by atomic mass is 16.3. The Morgan fingerprint density at radius 1 is 1.58 bits per heavy atom. The molecule has 1 aliphatic rings. The van der Waals surface area contributed by atoms with Crippen LogP contribution in [0.3, 0.4) is 0 Å². The summed E-state index contributed by atoms with van der Waals surface area (Å²) in [5.41, 5.74) is 0.757. The van der Waals surface area contributed by atoms with E-state index in [2.05, 4.69) is 15.2 Å². The van der Waals surface area contributed by atoms with Gasteiger partial charge in [-0.1, -0.05) is 0 Å². The molecule has 0 spiro atoms. The maximum Gasteiger partial charge on any atom is 0.267 e. The minimum absolute atomic E-state index is 0.218. The number of carbonyl (C=O) groups is 1. The molecule has 1 amide bonds. The summed E-state index contributed by atoms with van der Waals surface area (Å²) in [7, 11) is 0. The second-order valence-electron chi connectivity index (χ2n) is 4.79. The van der Waals surface area contributed by atoms with Crippen LogP contribution in [0.2, 0.25) is 0 Å². The Hall–Kier alpha value is -1.84. The highest BCUT2D eigenvalue weighted by Crippen LogP contribution is 2.07. The fourth-order valence-corrected chi connectivity index (χ4v) is 2.22. The molecule has 6 heteroatoms. The molecule has 3 N–H and O–H groups in total. The molecule has 0 saturated carbocycles. The van der Waals surface area contributed by atoms with E-state index < -0.39 is 6.10 Å². The third kappa shape index (κ3) is 3.81. The van der Waals surface area contributed by atoms with Crippen LogP contribution in [0.15, 0.2) is 12.3 Å². The van der Waals surface area contributed by atoms with Crippen molar-refractivity contribution < 1.29 is 9.90 Å². The summed E-state index contributed by atoms with van der Waals surface area (Å²) < 4.78 is 0. The van der Waals surface area contributed by atoms with Crippen LogP contribution in [0.1, 0.15) is 28.9 Å². The van der Waals surface area contributed by atoms with E-state index in [1.54, 1.807) is 0 Å². The Morgan fingerprint density at radius 3 is 2.95 bits per heavy atom. The molecule has 0 aliphatic carbocycles. The quantitative estimate of drug-likeness (QED) is 0.700. The van der Waals surface area contributed by atoms with E-state index in [0.29, 0.717) is 17.8 Å². The Morgan fingerprint density at radius 2 is 2.32 bits per heavy atom. The number of nitrogens with one attached hydrogen (secondary N) is 2. The summed E-state index contributed by atoms with van der Waals surface area (Å²) in [4.78, 5) is 16.7. The predicted octanol–water partition coefficient (Wildman–Crippen LogP) is 0.0729. The molecule has 1 fully saturated rings. The zero-order valence-corrected chi connectivity index (χ0v) is 10.7. The SMILES string of the molecule is N#Cc1c[nH]c(C(=O)NC[C@H](O)CN2CCCC2)c1. The average molecular weight is 262 g/mol. The van der Waals surface area contributed by atoms with Gasteiger partial charge in [0.25, 0.3) is 5.91 Å². The van der Waals surface area contributed by atoms with Gasteiger partial charge in [0.2, 0.25) is 0 Å². The topological polar surface area (TPSA) is 92.1 Å². The summed E-state index contributed by atoms with van der Waals surface area (Å²) >= 11 is 0. The molecule has 2 rings (SSSR count). The zero-order valence-electron chi connectivity index (χ0n) is 10.7. The smallest absolute Gasteiger partial charge is 0.267 e. The molecule has 19 heavy (non-hydrogen) atoms. The molecular formula is C13H18N4O2. The minimum atomic E-state index is -0.563. The lowest BCUT2D eigenvalue weighted by molar-refractivity contribution is 0.0875. The Labute approximate surface area is 112 Å². The van der Waals surface area contributed by atoms with E-state index in [4.69, 9.17) is 5.26 Å². The average Bonchev–Trinajstić information content (AvgIpc) is 3.06. The van der Waals surface area contributed by atoms with Crippen molar-refractivity contribution in [1.82, 2.24) is 15.2 Å². The van der Waals surface area contributed by atoms with Gasteiger partial charge >= 0.3 is 0 Å². The molecule has 1 aliphatic heterocycles. The van der Waals surface area contributed by atoms with E-state index in [0.717, 1.165) is 13.1 Å². The zero-order chi connectivity index (χ0) is 13.7. The molecule has 1 saturated heterocycles. The summed E-state index contributed by atoms with van der Waals surface area (Å²) in [6, 6.07) is 3.44. The lowest BCUT2D eigenvalue weighted by atomic mass is 10.3. The summed E-state index contributed by atoms with van der Waals surface area (Å²) in [6.07, 6.45) is 3.28. The first-order valence-corrected chi connectivity index (χ1v) is 6.46. The highest BCUT2D eigenvalue weighted by molar-refractivity contribution is 5.92. The second-order valence-corrected chi connectivity index (χ2v) is 4.79. The number of amides is 1. The molecule has 6 nitrogen and oxygen atoms in total. The van der Waals surface area contributed by atoms with Crippen molar-refractivity contribution >= 4 is 5.91 Å². The summed E-state index contributed by atoms with van der Waals surface area (Å²) in [5, 5.41) is 21.2. The maximum atomic E-state index is 11.7. The predicted molar refractivity (Wildman–Crippen MR) is 69.5 cm³/mol. The molecule has 0 unspecified atom stereocenters. The van der Waals surface area contributed by atoms with Crippen LogP contribution >= 0.6 is 0 Å². The van der Waals surface area contributed by atoms with Crippen molar-refractivity contribution in [3.05, 3.63) is 23.5 Å². The van der Waals surface area contributed by atoms with Crippen molar-refractivity contribution in [2.75, 3.05) is 26.2 Å². The standard InChI is InChI=1S/C13H18N4O2/c14-6-10-5-12(15-7-10)13(19)16-8-11(18)9-17-3-1-2-4-17/h5,7,11,15,18H,1-4,8-9H2,(H,16,19)/t11-/m0/s1. The lowest BCUT2D eigenvalue weighted by Gasteiger charge is -2.19. The molecule has 2 heterocycles. The molecule has 1 atom stereocenters. The number of aliphatic hydroxyl groups is 1. The van der Waals surface area contributed by atoms with Gasteiger partial charge in [0.15, 0.2) is 0 Å². The van der Waals surface area contributed by atoms with Crippen molar-refractivity contribution in [2.24, 2.45) is 0 Å². The normalized spacial score (nSPS) is 17.1. The van der Waals surface area contributed by atoms with Gasteiger partial charge < -0.3 is 20.3 Å². The van der Waals surface area contributed by atoms with Crippen LogP contribution in [0.5, 0.6) is 0 Å². The van der Waals surface area contributed by atoms with Crippen LogP contribution in [0.4, 0.5) is 0 Å². The summed E-state index contributed by atoms with van der Waals surface area (Å²) in [5.74, 6) is -0.304. The molecule has 102 valence electrons. The molecule has 1 aromatic heterocycles. The highest BCUT2D eigenvalue weighted by Gasteiger charge is 2.16. The largest absolute Gasteiger partial charge is 0.390 e. The number of H-pyrrole nitrogens is 1. The first-order valence-electron chi connectivity index (χ1n) is 6.46. The Kier molecular flexibility index (Phi) is 4.55. The number of nitriles is 1. The lowest BCUT2D eigenvalue weighted by Crippen LogP contribution is -2.39. The van der Waals surface area contributed by atoms with Gasteiger partial charge in [0, 0.05) is 19.3 Å². The number of hydrogen-bond donors (Lipinski definition) is 3. The fourth-order valence-electron chi connectivity index (χ4n) is 2.22. The fraction of sp³-hybridized carbons (Fsp3) is 0.538. The number of hydrogen-bond acceptors (Lipinski definition) is 4. The van der Waals surface area contributed by atoms with Gasteiger partial charge in [0.1, 0.15) is 11.8 Å². The number of nitrogens with zero attached hydrogens (tertiary/aromatic N) is 2. The Bertz CT molecular complexity index is 471. The third-order valence-corrected chi connectivity index (χ3v) is 3.22. The van der Waals surface area contributed by atoms with Crippen molar-refractivity contribution in [1.29, 1.82) is 5.26 Å². The number of carbonyl (C=O) groups excluding carboxylic acids is 1. The van der Waals surface area contributed by atoms with Crippen LogP contribution in [0, 0.1) is 11.3 Å². The van der Waals surface area contributed by atoms with Crippen molar-refractivity contribution in [3.8, 4) is 6.07 Å². The number of aromatic nitrogens is 1. The number of aliphatic hydroxyl groups excluding tert-OH is 1. The van der Waals surface area contributed by atoms with E-state index in [-0.39, 0.29) is 12.5 Å². The first kappa shape index (κ1) is 13.6.